The second-order valence-corrected chi connectivity index (χ2v) is 5.01. The van der Waals surface area contributed by atoms with E-state index in [4.69, 9.17) is 4.74 Å². The van der Waals surface area contributed by atoms with Crippen LogP contribution in [0.4, 0.5) is 0 Å². The molecule has 1 saturated heterocycles. The molecule has 0 unspecified atom stereocenters. The molecule has 0 aromatic rings. The minimum atomic E-state index is 0.173. The van der Waals surface area contributed by atoms with Crippen LogP contribution in [0, 0.1) is 5.92 Å². The summed E-state index contributed by atoms with van der Waals surface area (Å²) in [6.07, 6.45) is 1.55. The van der Waals surface area contributed by atoms with Crippen LogP contribution in [0.2, 0.25) is 0 Å². The average molecular weight is 242 g/mol. The van der Waals surface area contributed by atoms with E-state index in [0.29, 0.717) is 18.4 Å². The van der Waals surface area contributed by atoms with Crippen LogP contribution >= 0.6 is 0 Å². The summed E-state index contributed by atoms with van der Waals surface area (Å²) in [6.45, 7) is 10.8. The Labute approximate surface area is 105 Å². The molecular formula is C13H26N2O2. The van der Waals surface area contributed by atoms with E-state index in [1.807, 2.05) is 6.92 Å². The van der Waals surface area contributed by atoms with E-state index in [1.54, 1.807) is 0 Å². The first kappa shape index (κ1) is 14.5. The van der Waals surface area contributed by atoms with Gasteiger partial charge in [0.2, 0.25) is 5.91 Å². The van der Waals surface area contributed by atoms with Gasteiger partial charge in [0.15, 0.2) is 0 Å². The number of hydrogen-bond acceptors (Lipinski definition) is 3. The Kier molecular flexibility index (Phi) is 6.52. The van der Waals surface area contributed by atoms with Gasteiger partial charge in [0.1, 0.15) is 0 Å². The van der Waals surface area contributed by atoms with Crippen molar-refractivity contribution in [3.63, 3.8) is 0 Å². The number of carbonyl (C=O) groups is 1. The molecule has 0 saturated carbocycles. The predicted molar refractivity (Wildman–Crippen MR) is 68.9 cm³/mol. The highest BCUT2D eigenvalue weighted by molar-refractivity contribution is 5.75. The first-order valence-corrected chi connectivity index (χ1v) is 6.73. The highest BCUT2D eigenvalue weighted by Crippen LogP contribution is 2.12. The SMILES string of the molecule is CCCC(=O)NC[C@@H](C(C)C)N1CCOCC1. The van der Waals surface area contributed by atoms with Gasteiger partial charge in [-0.15, -0.1) is 0 Å². The van der Waals surface area contributed by atoms with Crippen molar-refractivity contribution >= 4 is 5.91 Å². The van der Waals surface area contributed by atoms with Gasteiger partial charge in [-0.05, 0) is 12.3 Å². The minimum absolute atomic E-state index is 0.173. The summed E-state index contributed by atoms with van der Waals surface area (Å²) in [4.78, 5) is 13.9. The number of nitrogens with zero attached hydrogens (tertiary/aromatic N) is 1. The Morgan fingerprint density at radius 2 is 2.00 bits per heavy atom. The first-order chi connectivity index (χ1) is 8.15. The third-order valence-electron chi connectivity index (χ3n) is 3.27. The molecule has 1 N–H and O–H groups in total. The quantitative estimate of drug-likeness (QED) is 0.762. The summed E-state index contributed by atoms with van der Waals surface area (Å²) in [6, 6.07) is 0.430. The lowest BCUT2D eigenvalue weighted by atomic mass is 10.0. The topological polar surface area (TPSA) is 41.6 Å². The monoisotopic (exact) mass is 242 g/mol. The molecule has 0 bridgehead atoms. The van der Waals surface area contributed by atoms with Crippen molar-refractivity contribution in [3.8, 4) is 0 Å². The van der Waals surface area contributed by atoms with Crippen molar-refractivity contribution in [2.24, 2.45) is 5.92 Å². The van der Waals surface area contributed by atoms with Gasteiger partial charge in [-0.3, -0.25) is 9.69 Å². The molecule has 4 nitrogen and oxygen atoms in total. The number of carbonyl (C=O) groups excluding carboxylic acids is 1. The number of morpholine rings is 1. The molecule has 0 aliphatic carbocycles. The third-order valence-corrected chi connectivity index (χ3v) is 3.27. The molecule has 1 aliphatic heterocycles. The van der Waals surface area contributed by atoms with Crippen LogP contribution in [0.5, 0.6) is 0 Å². The van der Waals surface area contributed by atoms with Gasteiger partial charge in [0.25, 0.3) is 0 Å². The first-order valence-electron chi connectivity index (χ1n) is 6.73. The van der Waals surface area contributed by atoms with Crippen LogP contribution in [-0.2, 0) is 9.53 Å². The summed E-state index contributed by atoms with van der Waals surface area (Å²) < 4.78 is 5.36. The Hall–Kier alpha value is -0.610. The smallest absolute Gasteiger partial charge is 0.220 e. The molecule has 1 rings (SSSR count). The van der Waals surface area contributed by atoms with E-state index in [-0.39, 0.29) is 5.91 Å². The third kappa shape index (κ3) is 5.04. The Balaban J connectivity index is 2.39. The summed E-state index contributed by atoms with van der Waals surface area (Å²) in [7, 11) is 0. The van der Waals surface area contributed by atoms with Gasteiger partial charge < -0.3 is 10.1 Å². The zero-order chi connectivity index (χ0) is 12.7. The lowest BCUT2D eigenvalue weighted by Gasteiger charge is -2.36. The van der Waals surface area contributed by atoms with Gasteiger partial charge in [-0.25, -0.2) is 0 Å². The predicted octanol–water partition coefficient (Wildman–Crippen LogP) is 1.26. The van der Waals surface area contributed by atoms with Crippen molar-refractivity contribution < 1.29 is 9.53 Å². The maximum absolute atomic E-state index is 11.5. The fraction of sp³-hybridized carbons (Fsp3) is 0.923. The number of hydrogen-bond donors (Lipinski definition) is 1. The molecule has 1 atom stereocenters. The molecule has 0 aromatic heterocycles. The molecule has 0 aromatic carbocycles. The molecule has 1 aliphatic rings. The molecule has 1 heterocycles. The highest BCUT2D eigenvalue weighted by Gasteiger charge is 2.23. The van der Waals surface area contributed by atoms with E-state index < -0.39 is 0 Å². The van der Waals surface area contributed by atoms with E-state index in [2.05, 4.69) is 24.1 Å². The van der Waals surface area contributed by atoms with E-state index >= 15 is 0 Å². The van der Waals surface area contributed by atoms with Crippen LogP contribution in [0.1, 0.15) is 33.6 Å². The lowest BCUT2D eigenvalue weighted by Crippen LogP contribution is -2.51. The van der Waals surface area contributed by atoms with Crippen LogP contribution in [0.15, 0.2) is 0 Å². The molecule has 0 radical (unpaired) electrons. The Morgan fingerprint density at radius 3 is 2.53 bits per heavy atom. The number of ether oxygens (including phenoxy) is 1. The maximum Gasteiger partial charge on any atom is 0.220 e. The zero-order valence-electron chi connectivity index (χ0n) is 11.4. The van der Waals surface area contributed by atoms with Gasteiger partial charge in [-0.1, -0.05) is 20.8 Å². The number of nitrogens with one attached hydrogen (secondary N) is 1. The Bertz CT molecular complexity index is 225. The molecule has 0 spiro atoms. The minimum Gasteiger partial charge on any atom is -0.379 e. The number of amides is 1. The average Bonchev–Trinajstić information content (AvgIpc) is 2.30. The molecule has 17 heavy (non-hydrogen) atoms. The van der Waals surface area contributed by atoms with E-state index in [1.165, 1.54) is 0 Å². The van der Waals surface area contributed by atoms with Crippen molar-refractivity contribution in [2.75, 3.05) is 32.8 Å². The van der Waals surface area contributed by atoms with Crippen molar-refractivity contribution in [1.29, 1.82) is 0 Å². The molecule has 1 fully saturated rings. The van der Waals surface area contributed by atoms with Gasteiger partial charge in [-0.2, -0.15) is 0 Å². The van der Waals surface area contributed by atoms with Crippen molar-refractivity contribution in [3.05, 3.63) is 0 Å². The molecule has 1 amide bonds. The van der Waals surface area contributed by atoms with Gasteiger partial charge in [0, 0.05) is 32.1 Å². The lowest BCUT2D eigenvalue weighted by molar-refractivity contribution is -0.121. The number of rotatable bonds is 6. The second kappa shape index (κ2) is 7.67. The van der Waals surface area contributed by atoms with Crippen LogP contribution in [0.25, 0.3) is 0 Å². The van der Waals surface area contributed by atoms with E-state index in [0.717, 1.165) is 39.3 Å². The van der Waals surface area contributed by atoms with Crippen molar-refractivity contribution in [2.45, 2.75) is 39.7 Å². The summed E-state index contributed by atoms with van der Waals surface area (Å²) in [5.74, 6) is 0.724. The summed E-state index contributed by atoms with van der Waals surface area (Å²) >= 11 is 0. The van der Waals surface area contributed by atoms with Crippen LogP contribution in [0.3, 0.4) is 0 Å². The van der Waals surface area contributed by atoms with E-state index in [9.17, 15) is 4.79 Å². The Morgan fingerprint density at radius 1 is 1.35 bits per heavy atom. The molecule has 100 valence electrons. The van der Waals surface area contributed by atoms with Crippen LogP contribution < -0.4 is 5.32 Å². The zero-order valence-corrected chi connectivity index (χ0v) is 11.4. The normalized spacial score (nSPS) is 19.3. The summed E-state index contributed by atoms with van der Waals surface area (Å²) in [5.41, 5.74) is 0. The fourth-order valence-electron chi connectivity index (χ4n) is 2.23. The molecular weight excluding hydrogens is 216 g/mol. The largest absolute Gasteiger partial charge is 0.379 e. The maximum atomic E-state index is 11.5. The second-order valence-electron chi connectivity index (χ2n) is 5.01. The van der Waals surface area contributed by atoms with Crippen LogP contribution in [-0.4, -0.2) is 49.7 Å². The fourth-order valence-corrected chi connectivity index (χ4v) is 2.23. The highest BCUT2D eigenvalue weighted by atomic mass is 16.5. The molecule has 4 heteroatoms. The van der Waals surface area contributed by atoms with Gasteiger partial charge >= 0.3 is 0 Å². The standard InChI is InChI=1S/C13H26N2O2/c1-4-5-13(16)14-10-12(11(2)3)15-6-8-17-9-7-15/h11-12H,4-10H2,1-3H3,(H,14,16)/t12-/m0/s1. The van der Waals surface area contributed by atoms with Crippen molar-refractivity contribution in [1.82, 2.24) is 10.2 Å². The van der Waals surface area contributed by atoms with Gasteiger partial charge in [0.05, 0.1) is 13.2 Å². The summed E-state index contributed by atoms with van der Waals surface area (Å²) in [5, 5.41) is 3.04.